The Bertz CT molecular complexity index is 1130. The van der Waals surface area contributed by atoms with Gasteiger partial charge < -0.3 is 15.0 Å². The minimum Gasteiger partial charge on any atom is -0.497 e. The van der Waals surface area contributed by atoms with Gasteiger partial charge in [0.05, 0.1) is 19.1 Å². The fraction of sp³-hybridized carbons (Fsp3) is 0.348. The van der Waals surface area contributed by atoms with E-state index in [2.05, 4.69) is 5.32 Å². The summed E-state index contributed by atoms with van der Waals surface area (Å²) >= 11 is 0. The summed E-state index contributed by atoms with van der Waals surface area (Å²) in [4.78, 5) is 38.8. The van der Waals surface area contributed by atoms with Crippen LogP contribution in [0.1, 0.15) is 29.8 Å². The largest absolute Gasteiger partial charge is 0.497 e. The lowest BCUT2D eigenvalue weighted by atomic mass is 10.1. The van der Waals surface area contributed by atoms with Gasteiger partial charge in [-0.05, 0) is 43.7 Å². The van der Waals surface area contributed by atoms with Crippen LogP contribution in [0.25, 0.3) is 0 Å². The summed E-state index contributed by atoms with van der Waals surface area (Å²) in [6.07, 6.45) is 0.981. The molecule has 2 amide bonds. The van der Waals surface area contributed by atoms with Crippen molar-refractivity contribution in [2.75, 3.05) is 31.3 Å². The Morgan fingerprint density at radius 1 is 1.09 bits per heavy atom. The van der Waals surface area contributed by atoms with Gasteiger partial charge in [0.15, 0.2) is 5.78 Å². The van der Waals surface area contributed by atoms with Gasteiger partial charge in [0, 0.05) is 19.2 Å². The van der Waals surface area contributed by atoms with Gasteiger partial charge >= 0.3 is 0 Å². The summed E-state index contributed by atoms with van der Waals surface area (Å²) < 4.78 is 31.2. The molecule has 0 spiro atoms. The number of nitrogens with one attached hydrogen (secondary N) is 1. The molecule has 0 aliphatic carbocycles. The molecule has 2 rings (SSSR count). The van der Waals surface area contributed by atoms with Crippen LogP contribution in [0.3, 0.4) is 0 Å². The molecule has 0 unspecified atom stereocenters. The topological polar surface area (TPSA) is 113 Å². The number of carbonyl (C=O) groups excluding carboxylic acids is 3. The molecule has 1 N–H and O–H groups in total. The van der Waals surface area contributed by atoms with E-state index in [1.165, 1.54) is 38.1 Å². The zero-order valence-electron chi connectivity index (χ0n) is 19.4. The van der Waals surface area contributed by atoms with E-state index >= 15 is 0 Å². The molecule has 0 aromatic heterocycles. The van der Waals surface area contributed by atoms with E-state index in [0.717, 1.165) is 10.6 Å². The molecule has 33 heavy (non-hydrogen) atoms. The standard InChI is InChI=1S/C23H29N3O6S/c1-16(23(29)24-3)25(14-18-8-6-11-21(12-18)32-4)22(28)15-26(33(5,30)31)20-10-7-9-19(13-20)17(2)27/h6-13,16H,14-15H2,1-5H3,(H,24,29)/t16-/m0/s1. The summed E-state index contributed by atoms with van der Waals surface area (Å²) in [5.74, 6) is -0.612. The normalized spacial score (nSPS) is 11.9. The zero-order chi connectivity index (χ0) is 24.8. The van der Waals surface area contributed by atoms with Crippen LogP contribution >= 0.6 is 0 Å². The van der Waals surface area contributed by atoms with Gasteiger partial charge in [-0.3, -0.25) is 18.7 Å². The molecular formula is C23H29N3O6S. The van der Waals surface area contributed by atoms with Crippen LogP contribution in [0.15, 0.2) is 48.5 Å². The van der Waals surface area contributed by atoms with Crippen LogP contribution in [0.4, 0.5) is 5.69 Å². The van der Waals surface area contributed by atoms with Crippen molar-refractivity contribution < 1.29 is 27.5 Å². The second-order valence-corrected chi connectivity index (χ2v) is 9.45. The van der Waals surface area contributed by atoms with Gasteiger partial charge in [-0.15, -0.1) is 0 Å². The average Bonchev–Trinajstić information content (AvgIpc) is 2.79. The lowest BCUT2D eigenvalue weighted by molar-refractivity contribution is -0.139. The van der Waals surface area contributed by atoms with E-state index in [1.807, 2.05) is 0 Å². The predicted molar refractivity (Wildman–Crippen MR) is 126 cm³/mol. The zero-order valence-corrected chi connectivity index (χ0v) is 20.2. The number of ether oxygens (including phenoxy) is 1. The van der Waals surface area contributed by atoms with Crippen LogP contribution in [0.2, 0.25) is 0 Å². The number of likely N-dealkylation sites (N-methyl/N-ethyl adjacent to an activating group) is 1. The van der Waals surface area contributed by atoms with E-state index in [1.54, 1.807) is 43.3 Å². The van der Waals surface area contributed by atoms with Crippen molar-refractivity contribution in [1.29, 1.82) is 0 Å². The molecular weight excluding hydrogens is 446 g/mol. The minimum atomic E-state index is -3.87. The van der Waals surface area contributed by atoms with Gasteiger partial charge in [-0.1, -0.05) is 24.3 Å². The molecule has 0 aliphatic heterocycles. The number of amides is 2. The van der Waals surface area contributed by atoms with E-state index in [-0.39, 0.29) is 18.0 Å². The third-order valence-corrected chi connectivity index (χ3v) is 6.26. The lowest BCUT2D eigenvalue weighted by Gasteiger charge is -2.31. The van der Waals surface area contributed by atoms with E-state index in [4.69, 9.17) is 4.74 Å². The number of hydrogen-bond donors (Lipinski definition) is 1. The maximum Gasteiger partial charge on any atom is 0.244 e. The first-order chi connectivity index (χ1) is 15.5. The van der Waals surface area contributed by atoms with E-state index in [0.29, 0.717) is 16.9 Å². The van der Waals surface area contributed by atoms with Gasteiger partial charge in [-0.25, -0.2) is 8.42 Å². The number of benzene rings is 2. The molecule has 0 radical (unpaired) electrons. The smallest absolute Gasteiger partial charge is 0.244 e. The molecule has 9 nitrogen and oxygen atoms in total. The number of hydrogen-bond acceptors (Lipinski definition) is 6. The Morgan fingerprint density at radius 3 is 2.33 bits per heavy atom. The first kappa shape index (κ1) is 25.9. The van der Waals surface area contributed by atoms with Crippen molar-refractivity contribution >= 4 is 33.3 Å². The van der Waals surface area contributed by atoms with Gasteiger partial charge in [0.1, 0.15) is 18.3 Å². The second-order valence-electron chi connectivity index (χ2n) is 7.54. The number of sulfonamides is 1. The highest BCUT2D eigenvalue weighted by Gasteiger charge is 2.30. The van der Waals surface area contributed by atoms with Crippen molar-refractivity contribution in [1.82, 2.24) is 10.2 Å². The summed E-state index contributed by atoms with van der Waals surface area (Å²) in [5.41, 5.74) is 1.22. The minimum absolute atomic E-state index is 0.0652. The predicted octanol–water partition coefficient (Wildman–Crippen LogP) is 1.83. The number of methoxy groups -OCH3 is 1. The van der Waals surface area contributed by atoms with Crippen molar-refractivity contribution in [3.8, 4) is 5.75 Å². The Labute approximate surface area is 194 Å². The molecule has 0 fully saturated rings. The molecule has 0 heterocycles. The molecule has 10 heteroatoms. The summed E-state index contributed by atoms with van der Waals surface area (Å²) in [5, 5.41) is 2.52. The highest BCUT2D eigenvalue weighted by Crippen LogP contribution is 2.21. The van der Waals surface area contributed by atoms with Crippen LogP contribution < -0.4 is 14.4 Å². The fourth-order valence-electron chi connectivity index (χ4n) is 3.25. The molecule has 2 aromatic rings. The molecule has 2 aromatic carbocycles. The first-order valence-corrected chi connectivity index (χ1v) is 12.1. The van der Waals surface area contributed by atoms with Gasteiger partial charge in [0.2, 0.25) is 21.8 Å². The summed E-state index contributed by atoms with van der Waals surface area (Å²) in [7, 11) is -0.886. The quantitative estimate of drug-likeness (QED) is 0.525. The average molecular weight is 476 g/mol. The van der Waals surface area contributed by atoms with Crippen LogP contribution in [-0.4, -0.2) is 63.9 Å². The number of ketones is 1. The Morgan fingerprint density at radius 2 is 1.76 bits per heavy atom. The van der Waals surface area contributed by atoms with Crippen LogP contribution in [0, 0.1) is 0 Å². The monoisotopic (exact) mass is 475 g/mol. The highest BCUT2D eigenvalue weighted by atomic mass is 32.2. The number of anilines is 1. The molecule has 0 aliphatic rings. The Hall–Kier alpha value is -3.40. The highest BCUT2D eigenvalue weighted by molar-refractivity contribution is 7.92. The SMILES string of the molecule is CNC(=O)[C@H](C)N(Cc1cccc(OC)c1)C(=O)CN(c1cccc(C(C)=O)c1)S(C)(=O)=O. The first-order valence-electron chi connectivity index (χ1n) is 10.2. The molecule has 0 saturated heterocycles. The third-order valence-electron chi connectivity index (χ3n) is 5.12. The van der Waals surface area contributed by atoms with Crippen molar-refractivity contribution in [3.05, 3.63) is 59.7 Å². The van der Waals surface area contributed by atoms with Crippen molar-refractivity contribution in [2.24, 2.45) is 0 Å². The number of Topliss-reactive ketones (excluding diaryl/α,β-unsaturated/α-hetero) is 1. The number of nitrogens with zero attached hydrogens (tertiary/aromatic N) is 2. The summed E-state index contributed by atoms with van der Waals surface area (Å²) in [6, 6.07) is 12.2. The molecule has 0 bridgehead atoms. The third kappa shape index (κ3) is 6.79. The van der Waals surface area contributed by atoms with E-state index in [9.17, 15) is 22.8 Å². The van der Waals surface area contributed by atoms with Crippen molar-refractivity contribution in [2.45, 2.75) is 26.4 Å². The molecule has 178 valence electrons. The Kier molecular flexibility index (Phi) is 8.58. The van der Waals surface area contributed by atoms with Crippen LogP contribution in [0.5, 0.6) is 5.75 Å². The number of rotatable bonds is 10. The van der Waals surface area contributed by atoms with Gasteiger partial charge in [-0.2, -0.15) is 0 Å². The fourth-order valence-corrected chi connectivity index (χ4v) is 4.09. The lowest BCUT2D eigenvalue weighted by Crippen LogP contribution is -2.50. The van der Waals surface area contributed by atoms with E-state index < -0.39 is 34.4 Å². The maximum atomic E-state index is 13.4. The van der Waals surface area contributed by atoms with Crippen LogP contribution in [-0.2, 0) is 26.2 Å². The summed E-state index contributed by atoms with van der Waals surface area (Å²) in [6.45, 7) is 2.47. The van der Waals surface area contributed by atoms with Gasteiger partial charge in [0.25, 0.3) is 0 Å². The molecule has 0 saturated carbocycles. The maximum absolute atomic E-state index is 13.4. The molecule has 1 atom stereocenters. The number of carbonyl (C=O) groups is 3. The van der Waals surface area contributed by atoms with Crippen molar-refractivity contribution in [3.63, 3.8) is 0 Å². The Balaban J connectivity index is 2.42. The second kappa shape index (κ2) is 11.0.